The van der Waals surface area contributed by atoms with E-state index >= 15 is 0 Å². The van der Waals surface area contributed by atoms with Gasteiger partial charge in [0.15, 0.2) is 0 Å². The summed E-state index contributed by atoms with van der Waals surface area (Å²) in [5.41, 5.74) is 7.26. The molecule has 1 aromatic carbocycles. The monoisotopic (exact) mass is 295 g/mol. The molecule has 1 heterocycles. The highest BCUT2D eigenvalue weighted by atomic mass is 35.5. The first kappa shape index (κ1) is 14.4. The average molecular weight is 296 g/mol. The van der Waals surface area contributed by atoms with Gasteiger partial charge in [-0.05, 0) is 36.6 Å². The smallest absolute Gasteiger partial charge is 0.0629 e. The number of hydrogen-bond donors (Lipinski definition) is 1. The summed E-state index contributed by atoms with van der Waals surface area (Å²) in [5, 5.41) is 4.94. The minimum atomic E-state index is 0.173. The second kappa shape index (κ2) is 6.46. The Morgan fingerprint density at radius 1 is 1.47 bits per heavy atom. The topological polar surface area (TPSA) is 43.8 Å². The molecule has 0 fully saturated rings. The molecule has 0 spiro atoms. The molecule has 0 radical (unpaired) electrons. The summed E-state index contributed by atoms with van der Waals surface area (Å²) in [5.74, 6) is 0. The molecule has 0 bridgehead atoms. The molecule has 2 N–H and O–H groups in total. The summed E-state index contributed by atoms with van der Waals surface area (Å²) < 4.78 is 1.80. The summed E-state index contributed by atoms with van der Waals surface area (Å²) in [6.07, 6.45) is 5.68. The maximum atomic E-state index is 6.08. The van der Waals surface area contributed by atoms with Crippen molar-refractivity contribution in [3.8, 4) is 0 Å². The Labute approximate surface area is 123 Å². The largest absolute Gasteiger partial charge is 0.327 e. The molecule has 0 aliphatic carbocycles. The van der Waals surface area contributed by atoms with E-state index < -0.39 is 0 Å². The van der Waals surface area contributed by atoms with Crippen molar-refractivity contribution < 1.29 is 0 Å². The molecule has 3 nitrogen and oxygen atoms in total. The van der Waals surface area contributed by atoms with Gasteiger partial charge in [0.05, 0.1) is 11.1 Å². The number of nitrogens with two attached hydrogens (primary N) is 1. The Kier molecular flexibility index (Phi) is 4.91. The molecule has 102 valence electrons. The van der Waals surface area contributed by atoms with Crippen molar-refractivity contribution in [1.82, 2.24) is 9.78 Å². The van der Waals surface area contributed by atoms with Crippen LogP contribution in [-0.4, -0.2) is 15.8 Å². The third kappa shape index (κ3) is 4.00. The highest BCUT2D eigenvalue weighted by molar-refractivity contribution is 7.99. The van der Waals surface area contributed by atoms with Gasteiger partial charge >= 0.3 is 0 Å². The highest BCUT2D eigenvalue weighted by Gasteiger charge is 2.10. The molecule has 2 aromatic rings. The fraction of sp³-hybridized carbons (Fsp3) is 0.357. The molecular formula is C14H18ClN3S. The Morgan fingerprint density at radius 3 is 2.89 bits per heavy atom. The van der Waals surface area contributed by atoms with Crippen molar-refractivity contribution in [1.29, 1.82) is 0 Å². The van der Waals surface area contributed by atoms with E-state index in [1.54, 1.807) is 16.4 Å². The Hall–Kier alpha value is -0.970. The van der Waals surface area contributed by atoms with Crippen LogP contribution in [0.3, 0.4) is 0 Å². The lowest BCUT2D eigenvalue weighted by Gasteiger charge is -2.13. The van der Waals surface area contributed by atoms with Crippen LogP contribution >= 0.6 is 23.4 Å². The number of halogens is 1. The van der Waals surface area contributed by atoms with Gasteiger partial charge in [0.2, 0.25) is 0 Å². The van der Waals surface area contributed by atoms with E-state index in [1.807, 2.05) is 31.6 Å². The average Bonchev–Trinajstić information content (AvgIpc) is 2.78. The first-order valence-corrected chi connectivity index (χ1v) is 7.48. The molecule has 0 aliphatic heterocycles. The molecule has 1 unspecified atom stereocenters. The van der Waals surface area contributed by atoms with E-state index in [2.05, 4.69) is 18.1 Å². The molecule has 1 atom stereocenters. The van der Waals surface area contributed by atoms with Crippen molar-refractivity contribution in [3.05, 3.63) is 41.2 Å². The molecule has 19 heavy (non-hydrogen) atoms. The summed E-state index contributed by atoms with van der Waals surface area (Å²) >= 11 is 7.78. The van der Waals surface area contributed by atoms with Gasteiger partial charge in [0.1, 0.15) is 0 Å². The zero-order valence-corrected chi connectivity index (χ0v) is 12.7. The lowest BCUT2D eigenvalue weighted by Crippen LogP contribution is -2.21. The highest BCUT2D eigenvalue weighted by Crippen LogP contribution is 2.32. The number of hydrogen-bond acceptors (Lipinski definition) is 3. The van der Waals surface area contributed by atoms with Crippen LogP contribution < -0.4 is 5.73 Å². The molecule has 0 saturated carbocycles. The number of nitrogens with zero attached hydrogens (tertiary/aromatic N) is 2. The number of rotatable bonds is 5. The normalized spacial score (nSPS) is 12.6. The van der Waals surface area contributed by atoms with E-state index in [0.717, 1.165) is 22.8 Å². The Balaban J connectivity index is 2.23. The predicted octanol–water partition coefficient (Wildman–Crippen LogP) is 3.50. The second-order valence-electron chi connectivity index (χ2n) is 4.58. The van der Waals surface area contributed by atoms with Gasteiger partial charge in [-0.15, -0.1) is 0 Å². The molecule has 0 saturated heterocycles. The zero-order valence-electron chi connectivity index (χ0n) is 11.1. The third-order valence-electron chi connectivity index (χ3n) is 2.94. The fourth-order valence-corrected chi connectivity index (χ4v) is 2.98. The summed E-state index contributed by atoms with van der Waals surface area (Å²) in [6, 6.07) is 6.15. The lowest BCUT2D eigenvalue weighted by molar-refractivity contribution is 0.641. The Morgan fingerprint density at radius 2 is 2.26 bits per heavy atom. The van der Waals surface area contributed by atoms with Crippen molar-refractivity contribution >= 4 is 23.4 Å². The van der Waals surface area contributed by atoms with E-state index in [4.69, 9.17) is 17.3 Å². The van der Waals surface area contributed by atoms with Crippen LogP contribution in [0.1, 0.15) is 18.9 Å². The molecule has 1 aromatic heterocycles. The van der Waals surface area contributed by atoms with Crippen LogP contribution in [0.2, 0.25) is 5.02 Å². The van der Waals surface area contributed by atoms with E-state index in [-0.39, 0.29) is 6.04 Å². The summed E-state index contributed by atoms with van der Waals surface area (Å²) in [6.45, 7) is 2.10. The minimum Gasteiger partial charge on any atom is -0.327 e. The van der Waals surface area contributed by atoms with Crippen molar-refractivity contribution in [2.75, 3.05) is 0 Å². The van der Waals surface area contributed by atoms with Gasteiger partial charge in [-0.2, -0.15) is 5.10 Å². The molecule has 0 amide bonds. The first-order valence-electron chi connectivity index (χ1n) is 6.29. The van der Waals surface area contributed by atoms with E-state index in [1.165, 1.54) is 10.5 Å². The van der Waals surface area contributed by atoms with Crippen LogP contribution in [-0.2, 0) is 13.5 Å². The van der Waals surface area contributed by atoms with Gasteiger partial charge in [0.25, 0.3) is 0 Å². The predicted molar refractivity (Wildman–Crippen MR) is 80.8 cm³/mol. The Bertz CT molecular complexity index is 553. The standard InChI is InChI=1S/C14H18ClN3S/c1-3-12(16)7-10-6-11(15)4-5-14(10)19-13-8-17-18(2)9-13/h4-6,8-9,12H,3,7,16H2,1-2H3. The van der Waals surface area contributed by atoms with Gasteiger partial charge in [-0.25, -0.2) is 0 Å². The maximum Gasteiger partial charge on any atom is 0.0629 e. The van der Waals surface area contributed by atoms with Crippen LogP contribution in [0.5, 0.6) is 0 Å². The van der Waals surface area contributed by atoms with Crippen molar-refractivity contribution in [3.63, 3.8) is 0 Å². The number of aryl methyl sites for hydroxylation is 1. The summed E-state index contributed by atoms with van der Waals surface area (Å²) in [7, 11) is 1.92. The third-order valence-corrected chi connectivity index (χ3v) is 4.24. The van der Waals surface area contributed by atoms with Crippen molar-refractivity contribution in [2.45, 2.75) is 35.6 Å². The lowest BCUT2D eigenvalue weighted by atomic mass is 10.0. The van der Waals surface area contributed by atoms with Gasteiger partial charge in [-0.3, -0.25) is 4.68 Å². The van der Waals surface area contributed by atoms with Gasteiger partial charge in [0, 0.05) is 29.2 Å². The van der Waals surface area contributed by atoms with E-state index in [0.29, 0.717) is 0 Å². The molecule has 0 aliphatic rings. The summed E-state index contributed by atoms with van der Waals surface area (Å²) in [4.78, 5) is 2.32. The molecule has 2 rings (SSSR count). The van der Waals surface area contributed by atoms with Crippen LogP contribution in [0.4, 0.5) is 0 Å². The fourth-order valence-electron chi connectivity index (χ4n) is 1.81. The zero-order chi connectivity index (χ0) is 13.8. The molecule has 5 heteroatoms. The minimum absolute atomic E-state index is 0.173. The van der Waals surface area contributed by atoms with Crippen LogP contribution in [0, 0.1) is 0 Å². The quantitative estimate of drug-likeness (QED) is 0.918. The first-order chi connectivity index (χ1) is 9.08. The van der Waals surface area contributed by atoms with Crippen LogP contribution in [0.15, 0.2) is 40.4 Å². The number of aromatic nitrogens is 2. The van der Waals surface area contributed by atoms with Crippen LogP contribution in [0.25, 0.3) is 0 Å². The second-order valence-corrected chi connectivity index (χ2v) is 6.13. The van der Waals surface area contributed by atoms with Gasteiger partial charge in [-0.1, -0.05) is 30.3 Å². The number of benzene rings is 1. The van der Waals surface area contributed by atoms with Gasteiger partial charge < -0.3 is 5.73 Å². The SMILES string of the molecule is CCC(N)Cc1cc(Cl)ccc1Sc1cnn(C)c1. The van der Waals surface area contributed by atoms with Crippen molar-refractivity contribution in [2.24, 2.45) is 12.8 Å². The molecular weight excluding hydrogens is 278 g/mol. The maximum absolute atomic E-state index is 6.08. The van der Waals surface area contributed by atoms with E-state index in [9.17, 15) is 0 Å².